The maximum Gasteiger partial charge on any atom is 0.225 e. The predicted molar refractivity (Wildman–Crippen MR) is 51.9 cm³/mol. The number of carbonyl (C=O) groups is 1. The molecule has 13 heavy (non-hydrogen) atoms. The van der Waals surface area contributed by atoms with Gasteiger partial charge in [0.2, 0.25) is 5.91 Å². The second kappa shape index (κ2) is 5.45. The second-order valence-corrected chi connectivity index (χ2v) is 3.66. The Bertz CT molecular complexity index is 171. The van der Waals surface area contributed by atoms with Crippen LogP contribution in [0.3, 0.4) is 0 Å². The van der Waals surface area contributed by atoms with E-state index >= 15 is 0 Å². The summed E-state index contributed by atoms with van der Waals surface area (Å²) in [5, 5.41) is 0. The Balaban J connectivity index is 2.30. The first kappa shape index (κ1) is 10.8. The average Bonchev–Trinajstić information content (AvgIpc) is 2.94. The van der Waals surface area contributed by atoms with Gasteiger partial charge in [-0.25, -0.2) is 0 Å². The van der Waals surface area contributed by atoms with Crippen molar-refractivity contribution in [3.8, 4) is 0 Å². The van der Waals surface area contributed by atoms with E-state index in [0.717, 1.165) is 12.8 Å². The van der Waals surface area contributed by atoms with Crippen LogP contribution in [0.4, 0.5) is 0 Å². The fourth-order valence-corrected chi connectivity index (χ4v) is 1.43. The normalized spacial score (nSPS) is 15.8. The van der Waals surface area contributed by atoms with Crippen LogP contribution in [-0.2, 0) is 9.53 Å². The number of halogens is 1. The van der Waals surface area contributed by atoms with Gasteiger partial charge >= 0.3 is 0 Å². The zero-order chi connectivity index (χ0) is 9.68. The van der Waals surface area contributed by atoms with Crippen LogP contribution in [0.15, 0.2) is 0 Å². The van der Waals surface area contributed by atoms with Crippen LogP contribution in [0, 0.1) is 5.92 Å². The Labute approximate surface area is 84.0 Å². The smallest absolute Gasteiger partial charge is 0.225 e. The molecule has 76 valence electrons. The van der Waals surface area contributed by atoms with Gasteiger partial charge in [-0.15, -0.1) is 11.6 Å². The lowest BCUT2D eigenvalue weighted by molar-refractivity contribution is -0.132. The third-order valence-electron chi connectivity index (χ3n) is 2.16. The molecule has 1 saturated carbocycles. The van der Waals surface area contributed by atoms with Crippen LogP contribution in [0.25, 0.3) is 0 Å². The monoisotopic (exact) mass is 205 g/mol. The average molecular weight is 206 g/mol. The fraction of sp³-hybridized carbons (Fsp3) is 0.889. The molecule has 0 N–H and O–H groups in total. The summed E-state index contributed by atoms with van der Waals surface area (Å²) < 4.78 is 4.93. The van der Waals surface area contributed by atoms with Gasteiger partial charge in [0.05, 0.1) is 6.61 Å². The minimum Gasteiger partial charge on any atom is -0.383 e. The maximum absolute atomic E-state index is 11.6. The molecule has 1 amide bonds. The Morgan fingerprint density at radius 2 is 2.23 bits per heavy atom. The molecular weight excluding hydrogens is 190 g/mol. The van der Waals surface area contributed by atoms with Crippen molar-refractivity contribution in [2.45, 2.75) is 12.8 Å². The van der Waals surface area contributed by atoms with Crippen molar-refractivity contribution in [3.63, 3.8) is 0 Å². The third kappa shape index (κ3) is 3.53. The quantitative estimate of drug-likeness (QED) is 0.608. The van der Waals surface area contributed by atoms with Crippen molar-refractivity contribution >= 4 is 17.5 Å². The first-order valence-electron chi connectivity index (χ1n) is 4.63. The molecule has 0 aromatic heterocycles. The van der Waals surface area contributed by atoms with Crippen LogP contribution >= 0.6 is 11.6 Å². The minimum absolute atomic E-state index is 0.248. The van der Waals surface area contributed by atoms with Gasteiger partial charge in [-0.1, -0.05) is 0 Å². The Hall–Kier alpha value is -0.280. The number of ether oxygens (including phenoxy) is 1. The lowest BCUT2D eigenvalue weighted by Gasteiger charge is -2.20. The highest BCUT2D eigenvalue weighted by Gasteiger charge is 2.32. The summed E-state index contributed by atoms with van der Waals surface area (Å²) in [6, 6.07) is 0. The topological polar surface area (TPSA) is 29.5 Å². The minimum atomic E-state index is 0.248. The van der Waals surface area contributed by atoms with E-state index in [1.165, 1.54) is 0 Å². The molecule has 0 heterocycles. The molecule has 0 unspecified atom stereocenters. The summed E-state index contributed by atoms with van der Waals surface area (Å²) >= 11 is 5.61. The Morgan fingerprint density at radius 1 is 1.54 bits per heavy atom. The van der Waals surface area contributed by atoms with Crippen molar-refractivity contribution in [1.29, 1.82) is 0 Å². The van der Waals surface area contributed by atoms with Crippen LogP contribution in [0.1, 0.15) is 12.8 Å². The highest BCUT2D eigenvalue weighted by Crippen LogP contribution is 2.30. The summed E-state index contributed by atoms with van der Waals surface area (Å²) in [6.45, 7) is 1.90. The van der Waals surface area contributed by atoms with Gasteiger partial charge in [0, 0.05) is 32.0 Å². The number of carbonyl (C=O) groups excluding carboxylic acids is 1. The van der Waals surface area contributed by atoms with Crippen molar-refractivity contribution in [1.82, 2.24) is 4.90 Å². The van der Waals surface area contributed by atoms with E-state index < -0.39 is 0 Å². The zero-order valence-corrected chi connectivity index (χ0v) is 8.72. The molecule has 1 aliphatic carbocycles. The third-order valence-corrected chi connectivity index (χ3v) is 2.33. The van der Waals surface area contributed by atoms with Crippen LogP contribution in [-0.4, -0.2) is 43.5 Å². The molecule has 0 bridgehead atoms. The summed E-state index contributed by atoms with van der Waals surface area (Å²) in [6.07, 6.45) is 2.09. The van der Waals surface area contributed by atoms with Crippen molar-refractivity contribution in [2.75, 3.05) is 32.7 Å². The standard InChI is InChI=1S/C9H16ClNO2/c1-13-7-6-11(5-4-10)9(12)8-2-3-8/h8H,2-7H2,1H3. The van der Waals surface area contributed by atoms with E-state index in [1.807, 2.05) is 0 Å². The van der Waals surface area contributed by atoms with Gasteiger partial charge in [-0.05, 0) is 12.8 Å². The molecule has 0 saturated heterocycles. The molecular formula is C9H16ClNO2. The van der Waals surface area contributed by atoms with E-state index in [2.05, 4.69) is 0 Å². The molecule has 0 aliphatic heterocycles. The van der Waals surface area contributed by atoms with Gasteiger partial charge in [-0.3, -0.25) is 4.79 Å². The summed E-state index contributed by atoms with van der Waals surface area (Å²) in [5.41, 5.74) is 0. The van der Waals surface area contributed by atoms with Gasteiger partial charge < -0.3 is 9.64 Å². The van der Waals surface area contributed by atoms with E-state index in [1.54, 1.807) is 12.0 Å². The highest BCUT2D eigenvalue weighted by molar-refractivity contribution is 6.18. The molecule has 0 radical (unpaired) electrons. The predicted octanol–water partition coefficient (Wildman–Crippen LogP) is 1.11. The van der Waals surface area contributed by atoms with Crippen LogP contribution < -0.4 is 0 Å². The van der Waals surface area contributed by atoms with E-state index in [9.17, 15) is 4.79 Å². The van der Waals surface area contributed by atoms with E-state index in [-0.39, 0.29) is 11.8 Å². The lowest BCUT2D eigenvalue weighted by Crippen LogP contribution is -2.36. The first-order chi connectivity index (χ1) is 6.29. The summed E-state index contributed by atoms with van der Waals surface area (Å²) in [4.78, 5) is 13.4. The van der Waals surface area contributed by atoms with Crippen molar-refractivity contribution < 1.29 is 9.53 Å². The van der Waals surface area contributed by atoms with Crippen LogP contribution in [0.5, 0.6) is 0 Å². The number of hydrogen-bond donors (Lipinski definition) is 0. The number of hydrogen-bond acceptors (Lipinski definition) is 2. The molecule has 4 heteroatoms. The molecule has 1 rings (SSSR count). The first-order valence-corrected chi connectivity index (χ1v) is 5.16. The van der Waals surface area contributed by atoms with Crippen LogP contribution in [0.2, 0.25) is 0 Å². The van der Waals surface area contributed by atoms with Crippen molar-refractivity contribution in [2.24, 2.45) is 5.92 Å². The maximum atomic E-state index is 11.6. The number of methoxy groups -OCH3 is 1. The Kier molecular flexibility index (Phi) is 4.53. The second-order valence-electron chi connectivity index (χ2n) is 3.28. The lowest BCUT2D eigenvalue weighted by atomic mass is 10.3. The van der Waals surface area contributed by atoms with Gasteiger partial charge in [0.25, 0.3) is 0 Å². The molecule has 3 nitrogen and oxygen atoms in total. The van der Waals surface area contributed by atoms with Gasteiger partial charge in [0.15, 0.2) is 0 Å². The fourth-order valence-electron chi connectivity index (χ4n) is 1.22. The number of nitrogens with zero attached hydrogens (tertiary/aromatic N) is 1. The molecule has 1 fully saturated rings. The van der Waals surface area contributed by atoms with E-state index in [4.69, 9.17) is 16.3 Å². The molecule has 1 aliphatic rings. The summed E-state index contributed by atoms with van der Waals surface area (Å²) in [5.74, 6) is 1.03. The van der Waals surface area contributed by atoms with E-state index in [0.29, 0.717) is 25.6 Å². The molecule has 0 aromatic carbocycles. The number of alkyl halides is 1. The van der Waals surface area contributed by atoms with Gasteiger partial charge in [-0.2, -0.15) is 0 Å². The highest BCUT2D eigenvalue weighted by atomic mass is 35.5. The zero-order valence-electron chi connectivity index (χ0n) is 7.96. The summed E-state index contributed by atoms with van der Waals surface area (Å²) in [7, 11) is 1.64. The van der Waals surface area contributed by atoms with Crippen molar-refractivity contribution in [3.05, 3.63) is 0 Å². The number of amides is 1. The largest absolute Gasteiger partial charge is 0.383 e. The number of rotatable bonds is 6. The SMILES string of the molecule is COCCN(CCCl)C(=O)C1CC1. The molecule has 0 atom stereocenters. The Morgan fingerprint density at radius 3 is 2.69 bits per heavy atom. The van der Waals surface area contributed by atoms with Gasteiger partial charge in [0.1, 0.15) is 0 Å². The molecule has 0 aromatic rings. The molecule has 0 spiro atoms.